The summed E-state index contributed by atoms with van der Waals surface area (Å²) in [6, 6.07) is 8.18. The molecule has 37 heavy (non-hydrogen) atoms. The Morgan fingerprint density at radius 1 is 1.22 bits per heavy atom. The van der Waals surface area contributed by atoms with Crippen LogP contribution in [0.3, 0.4) is 0 Å². The Bertz CT molecular complexity index is 1190. The van der Waals surface area contributed by atoms with Gasteiger partial charge in [-0.05, 0) is 42.1 Å². The van der Waals surface area contributed by atoms with Crippen molar-refractivity contribution in [3.63, 3.8) is 0 Å². The number of imidazole rings is 1. The van der Waals surface area contributed by atoms with Crippen LogP contribution in [0.2, 0.25) is 5.28 Å². The Morgan fingerprint density at radius 2 is 1.95 bits per heavy atom. The van der Waals surface area contributed by atoms with Crippen molar-refractivity contribution in [3.8, 4) is 0 Å². The number of aryl methyl sites for hydroxylation is 1. The van der Waals surface area contributed by atoms with Gasteiger partial charge < -0.3 is 25.2 Å². The number of aliphatic hydroxyl groups excluding tert-OH is 1. The second-order valence-electron chi connectivity index (χ2n) is 8.70. The number of nitrogens with zero attached hydrogens (tertiary/aromatic N) is 5. The van der Waals surface area contributed by atoms with E-state index in [0.717, 1.165) is 30.8 Å². The average molecular weight is 572 g/mol. The first-order chi connectivity index (χ1) is 17.9. The molecule has 13 heteroatoms. The van der Waals surface area contributed by atoms with E-state index in [-0.39, 0.29) is 36.5 Å². The molecule has 0 bridgehead atoms. The second kappa shape index (κ2) is 12.9. The fraction of sp³-hybridized carbons (Fsp3) is 0.500. The van der Waals surface area contributed by atoms with E-state index in [4.69, 9.17) is 50.0 Å². The van der Waals surface area contributed by atoms with Gasteiger partial charge in [-0.2, -0.15) is 9.97 Å². The van der Waals surface area contributed by atoms with Gasteiger partial charge in [-0.25, -0.2) is 4.98 Å². The Labute approximate surface area is 229 Å². The van der Waals surface area contributed by atoms with Gasteiger partial charge in [0.05, 0.1) is 12.4 Å². The number of halogens is 3. The van der Waals surface area contributed by atoms with Crippen LogP contribution in [0.4, 0.5) is 11.5 Å². The highest BCUT2D eigenvalue weighted by Crippen LogP contribution is 2.32. The number of hydrogen-bond acceptors (Lipinski definition) is 9. The Morgan fingerprint density at radius 3 is 2.65 bits per heavy atom. The minimum absolute atomic E-state index is 0.00802. The maximum absolute atomic E-state index is 12.3. The quantitative estimate of drug-likeness (QED) is 0.190. The molecule has 3 heterocycles. The number of hydrogen-bond donors (Lipinski definition) is 2. The number of nitrogen functional groups attached to an aromatic ring is 1. The van der Waals surface area contributed by atoms with Crippen LogP contribution in [-0.4, -0.2) is 74.3 Å². The topological polar surface area (TPSA) is 129 Å². The number of aromatic nitrogens is 4. The second-order valence-corrected chi connectivity index (χ2v) is 9.80. The van der Waals surface area contributed by atoms with Gasteiger partial charge in [0.25, 0.3) is 0 Å². The van der Waals surface area contributed by atoms with Gasteiger partial charge >= 0.3 is 5.97 Å². The summed E-state index contributed by atoms with van der Waals surface area (Å²) >= 11 is 17.7. The molecule has 10 nitrogen and oxygen atoms in total. The van der Waals surface area contributed by atoms with Gasteiger partial charge in [-0.1, -0.05) is 12.1 Å². The summed E-state index contributed by atoms with van der Waals surface area (Å²) in [5, 5.41) is 10.4. The first-order valence-corrected chi connectivity index (χ1v) is 13.4. The van der Waals surface area contributed by atoms with Gasteiger partial charge in [0.15, 0.2) is 11.5 Å². The Balaban J connectivity index is 1.22. The SMILES string of the molecule is Nc1nc(Cl)nc2c1ncn2[C@H]1C[C@H](O)[C@@H](COC(=O)CCCc2ccc(N(CCCl)CCCl)cc2)O1. The number of fused-ring (bicyclic) bond motifs is 1. The minimum atomic E-state index is -0.819. The normalized spacial score (nSPS) is 19.4. The fourth-order valence-corrected chi connectivity index (χ4v) is 4.87. The van der Waals surface area contributed by atoms with Crippen LogP contribution in [0, 0.1) is 0 Å². The first kappa shape index (κ1) is 27.7. The van der Waals surface area contributed by atoms with Crippen molar-refractivity contribution >= 4 is 63.4 Å². The van der Waals surface area contributed by atoms with Gasteiger partial charge in [0.1, 0.15) is 24.5 Å². The summed E-state index contributed by atoms with van der Waals surface area (Å²) < 4.78 is 12.9. The van der Waals surface area contributed by atoms with Crippen molar-refractivity contribution < 1.29 is 19.4 Å². The number of esters is 1. The number of ether oxygens (including phenoxy) is 2. The summed E-state index contributed by atoms with van der Waals surface area (Å²) in [4.78, 5) is 26.7. The van der Waals surface area contributed by atoms with E-state index in [2.05, 4.69) is 19.9 Å². The maximum atomic E-state index is 12.3. The highest BCUT2D eigenvalue weighted by molar-refractivity contribution is 6.28. The van der Waals surface area contributed by atoms with E-state index in [9.17, 15) is 9.90 Å². The molecule has 0 amide bonds. The van der Waals surface area contributed by atoms with Crippen LogP contribution in [-0.2, 0) is 20.7 Å². The lowest BCUT2D eigenvalue weighted by molar-refractivity contribution is -0.150. The Kier molecular flexibility index (Phi) is 9.66. The zero-order chi connectivity index (χ0) is 26.4. The number of alkyl halides is 2. The van der Waals surface area contributed by atoms with Gasteiger partial charge in [0.2, 0.25) is 5.28 Å². The summed E-state index contributed by atoms with van der Waals surface area (Å²) in [7, 11) is 0. The average Bonchev–Trinajstić information content (AvgIpc) is 3.46. The number of carbonyl (C=O) groups is 1. The van der Waals surface area contributed by atoms with E-state index < -0.39 is 18.4 Å². The molecule has 0 radical (unpaired) electrons. The standard InChI is InChI=1S/C24H29Cl3N6O4/c25-8-10-32(11-9-26)16-6-4-15(5-7-16)2-1-3-20(35)36-13-18-17(34)12-19(37-18)33-14-29-21-22(28)30-24(27)31-23(21)33/h4-7,14,17-19,34H,1-3,8-13H2,(H2,28,30,31)/t17-,18+,19+/m0/s1. The molecule has 2 aromatic heterocycles. The van der Waals surface area contributed by atoms with Crippen molar-refractivity contribution in [1.82, 2.24) is 19.5 Å². The zero-order valence-electron chi connectivity index (χ0n) is 20.1. The van der Waals surface area contributed by atoms with Crippen LogP contribution in [0.25, 0.3) is 11.2 Å². The molecule has 4 rings (SSSR count). The molecule has 3 atom stereocenters. The van der Waals surface area contributed by atoms with E-state index in [1.165, 1.54) is 6.33 Å². The number of aliphatic hydroxyl groups is 1. The van der Waals surface area contributed by atoms with Crippen molar-refractivity contribution in [3.05, 3.63) is 41.4 Å². The Hall–Kier alpha value is -2.37. The van der Waals surface area contributed by atoms with Crippen molar-refractivity contribution in [2.24, 2.45) is 0 Å². The highest BCUT2D eigenvalue weighted by Gasteiger charge is 2.36. The number of benzene rings is 1. The molecule has 1 aromatic carbocycles. The number of nitrogens with two attached hydrogens (primary N) is 1. The van der Waals surface area contributed by atoms with Gasteiger partial charge in [-0.15, -0.1) is 23.2 Å². The molecular weight excluding hydrogens is 543 g/mol. The molecule has 1 aliphatic rings. The molecule has 0 aliphatic carbocycles. The molecule has 200 valence electrons. The lowest BCUT2D eigenvalue weighted by atomic mass is 10.1. The van der Waals surface area contributed by atoms with Crippen LogP contribution in [0.15, 0.2) is 30.6 Å². The lowest BCUT2D eigenvalue weighted by Crippen LogP contribution is -2.28. The summed E-state index contributed by atoms with van der Waals surface area (Å²) in [6.07, 6.45) is 1.40. The summed E-state index contributed by atoms with van der Waals surface area (Å²) in [5.41, 5.74) is 8.86. The lowest BCUT2D eigenvalue weighted by Gasteiger charge is -2.23. The smallest absolute Gasteiger partial charge is 0.305 e. The van der Waals surface area contributed by atoms with E-state index >= 15 is 0 Å². The molecule has 1 saturated heterocycles. The third-order valence-corrected chi connectivity index (χ3v) is 6.71. The molecule has 0 saturated carbocycles. The van der Waals surface area contributed by atoms with E-state index in [1.807, 2.05) is 24.3 Å². The van der Waals surface area contributed by atoms with Crippen LogP contribution < -0.4 is 10.6 Å². The number of carbonyl (C=O) groups excluding carboxylic acids is 1. The van der Waals surface area contributed by atoms with Crippen LogP contribution in [0.1, 0.15) is 31.1 Å². The molecule has 1 fully saturated rings. The third kappa shape index (κ3) is 6.94. The first-order valence-electron chi connectivity index (χ1n) is 12.0. The summed E-state index contributed by atoms with van der Waals surface area (Å²) in [6.45, 7) is 1.42. The summed E-state index contributed by atoms with van der Waals surface area (Å²) in [5.74, 6) is 0.882. The minimum Gasteiger partial charge on any atom is -0.463 e. The zero-order valence-corrected chi connectivity index (χ0v) is 22.4. The number of rotatable bonds is 12. The van der Waals surface area contributed by atoms with Crippen LogP contribution in [0.5, 0.6) is 0 Å². The predicted octanol–water partition coefficient (Wildman–Crippen LogP) is 3.56. The largest absolute Gasteiger partial charge is 0.463 e. The van der Waals surface area contributed by atoms with E-state index in [1.54, 1.807) is 4.57 Å². The maximum Gasteiger partial charge on any atom is 0.305 e. The van der Waals surface area contributed by atoms with Gasteiger partial charge in [0, 0.05) is 43.4 Å². The van der Waals surface area contributed by atoms with Gasteiger partial charge in [-0.3, -0.25) is 9.36 Å². The highest BCUT2D eigenvalue weighted by atomic mass is 35.5. The molecule has 1 aliphatic heterocycles. The number of anilines is 2. The van der Waals surface area contributed by atoms with E-state index in [0.29, 0.717) is 29.3 Å². The van der Waals surface area contributed by atoms with Crippen molar-refractivity contribution in [1.29, 1.82) is 0 Å². The molecule has 3 N–H and O–H groups in total. The molecular formula is C24H29Cl3N6O4. The molecule has 0 unspecified atom stereocenters. The fourth-order valence-electron chi connectivity index (χ4n) is 4.29. The molecule has 0 spiro atoms. The molecule has 3 aromatic rings. The van der Waals surface area contributed by atoms with Crippen LogP contribution >= 0.6 is 34.8 Å². The predicted molar refractivity (Wildman–Crippen MR) is 143 cm³/mol. The van der Waals surface area contributed by atoms with Crippen molar-refractivity contribution in [2.45, 2.75) is 44.1 Å². The monoisotopic (exact) mass is 570 g/mol. The third-order valence-electron chi connectivity index (χ3n) is 6.20. The van der Waals surface area contributed by atoms with Crippen molar-refractivity contribution in [2.75, 3.05) is 42.1 Å².